The van der Waals surface area contributed by atoms with Crippen LogP contribution in [0.15, 0.2) is 18.2 Å². The Labute approximate surface area is 113 Å². The van der Waals surface area contributed by atoms with E-state index in [-0.39, 0.29) is 35.4 Å². The summed E-state index contributed by atoms with van der Waals surface area (Å²) >= 11 is 0. The Balaban J connectivity index is 3.06. The van der Waals surface area contributed by atoms with Crippen molar-refractivity contribution < 1.29 is 14.6 Å². The van der Waals surface area contributed by atoms with E-state index in [0.717, 1.165) is 0 Å². The quantitative estimate of drug-likeness (QED) is 0.882. The number of methoxy groups -OCH3 is 1. The minimum absolute atomic E-state index is 0.0496. The van der Waals surface area contributed by atoms with Gasteiger partial charge in [-0.05, 0) is 26.0 Å². The molecule has 0 aliphatic rings. The fraction of sp³-hybridized carbons (Fsp3) is 0.429. The molecule has 0 aliphatic heterocycles. The molecule has 1 aromatic rings. The highest BCUT2D eigenvalue weighted by molar-refractivity contribution is 5.97. The highest BCUT2D eigenvalue weighted by Crippen LogP contribution is 2.30. The van der Waals surface area contributed by atoms with Gasteiger partial charge in [0, 0.05) is 12.6 Å². The third-order valence-electron chi connectivity index (χ3n) is 2.80. The van der Waals surface area contributed by atoms with E-state index in [9.17, 15) is 9.90 Å². The number of phenolic OH excluding ortho intramolecular Hbond substituents is 1. The van der Waals surface area contributed by atoms with Crippen molar-refractivity contribution in [3.05, 3.63) is 23.8 Å². The van der Waals surface area contributed by atoms with Crippen molar-refractivity contribution in [2.24, 2.45) is 0 Å². The molecule has 0 saturated carbocycles. The van der Waals surface area contributed by atoms with Crippen molar-refractivity contribution in [3.8, 4) is 17.6 Å². The standard InChI is InChI=1S/C14H18N2O3/c1-10(2)16(9-5-8-15)14(18)11-6-4-7-12(19-3)13(11)17/h4,6-7,10,17H,5,9H2,1-3H3. The topological polar surface area (TPSA) is 73.6 Å². The van der Waals surface area contributed by atoms with Crippen molar-refractivity contribution in [1.82, 2.24) is 4.90 Å². The second-order valence-corrected chi connectivity index (χ2v) is 4.36. The van der Waals surface area contributed by atoms with Gasteiger partial charge in [0.15, 0.2) is 11.5 Å². The molecule has 0 saturated heterocycles. The molecule has 5 heteroatoms. The third kappa shape index (κ3) is 3.38. The lowest BCUT2D eigenvalue weighted by Gasteiger charge is -2.26. The summed E-state index contributed by atoms with van der Waals surface area (Å²) in [6.45, 7) is 4.07. The van der Waals surface area contributed by atoms with Crippen molar-refractivity contribution in [3.63, 3.8) is 0 Å². The number of benzene rings is 1. The normalized spacial score (nSPS) is 10.1. The number of hydrogen-bond donors (Lipinski definition) is 1. The first kappa shape index (κ1) is 14.8. The Morgan fingerprint density at radius 1 is 1.53 bits per heavy atom. The van der Waals surface area contributed by atoms with E-state index in [1.165, 1.54) is 7.11 Å². The lowest BCUT2D eigenvalue weighted by atomic mass is 10.1. The number of phenols is 1. The number of nitriles is 1. The van der Waals surface area contributed by atoms with E-state index in [2.05, 4.69) is 0 Å². The Bertz CT molecular complexity index is 492. The smallest absolute Gasteiger partial charge is 0.258 e. The van der Waals surface area contributed by atoms with E-state index in [1.54, 1.807) is 23.1 Å². The summed E-state index contributed by atoms with van der Waals surface area (Å²) in [5, 5.41) is 18.6. The van der Waals surface area contributed by atoms with Gasteiger partial charge in [0.25, 0.3) is 5.91 Å². The largest absolute Gasteiger partial charge is 0.504 e. The average Bonchev–Trinajstić information content (AvgIpc) is 2.38. The number of ether oxygens (including phenoxy) is 1. The van der Waals surface area contributed by atoms with Crippen LogP contribution >= 0.6 is 0 Å². The van der Waals surface area contributed by atoms with Crippen molar-refractivity contribution in [1.29, 1.82) is 5.26 Å². The van der Waals surface area contributed by atoms with Gasteiger partial charge in [0.2, 0.25) is 0 Å². The molecule has 0 bridgehead atoms. The summed E-state index contributed by atoms with van der Waals surface area (Å²) < 4.78 is 4.98. The van der Waals surface area contributed by atoms with Gasteiger partial charge in [-0.25, -0.2) is 0 Å². The van der Waals surface area contributed by atoms with Crippen LogP contribution in [0, 0.1) is 11.3 Å². The molecule has 19 heavy (non-hydrogen) atoms. The summed E-state index contributed by atoms with van der Waals surface area (Å²) in [6.07, 6.45) is 0.259. The maximum absolute atomic E-state index is 12.4. The van der Waals surface area contributed by atoms with E-state index in [1.807, 2.05) is 19.9 Å². The van der Waals surface area contributed by atoms with Crippen LogP contribution in [-0.4, -0.2) is 35.6 Å². The van der Waals surface area contributed by atoms with Gasteiger partial charge in [0.1, 0.15) is 0 Å². The Morgan fingerprint density at radius 2 is 2.21 bits per heavy atom. The van der Waals surface area contributed by atoms with Crippen molar-refractivity contribution in [2.75, 3.05) is 13.7 Å². The zero-order valence-electron chi connectivity index (χ0n) is 11.4. The number of aromatic hydroxyl groups is 1. The molecule has 102 valence electrons. The number of rotatable bonds is 5. The van der Waals surface area contributed by atoms with Gasteiger partial charge in [-0.2, -0.15) is 5.26 Å². The van der Waals surface area contributed by atoms with Crippen molar-refractivity contribution in [2.45, 2.75) is 26.3 Å². The highest BCUT2D eigenvalue weighted by atomic mass is 16.5. The van der Waals surface area contributed by atoms with Crippen LogP contribution in [0.4, 0.5) is 0 Å². The molecule has 0 unspecified atom stereocenters. The molecule has 1 N–H and O–H groups in total. The predicted molar refractivity (Wildman–Crippen MR) is 71.1 cm³/mol. The summed E-state index contributed by atoms with van der Waals surface area (Å²) in [7, 11) is 1.43. The number of amides is 1. The molecule has 0 atom stereocenters. The summed E-state index contributed by atoms with van der Waals surface area (Å²) in [4.78, 5) is 13.9. The van der Waals surface area contributed by atoms with Crippen molar-refractivity contribution >= 4 is 5.91 Å². The van der Waals surface area contributed by atoms with Gasteiger partial charge < -0.3 is 14.7 Å². The first-order chi connectivity index (χ1) is 9.02. The number of para-hydroxylation sites is 1. The summed E-state index contributed by atoms with van der Waals surface area (Å²) in [6, 6.07) is 6.74. The fourth-order valence-corrected chi connectivity index (χ4v) is 1.78. The first-order valence-electron chi connectivity index (χ1n) is 6.06. The van der Waals surface area contributed by atoms with Crippen LogP contribution in [0.2, 0.25) is 0 Å². The zero-order chi connectivity index (χ0) is 14.4. The lowest BCUT2D eigenvalue weighted by molar-refractivity contribution is 0.0706. The molecule has 0 aromatic heterocycles. The molecular weight excluding hydrogens is 244 g/mol. The van der Waals surface area contributed by atoms with Gasteiger partial charge in [-0.1, -0.05) is 6.07 Å². The van der Waals surface area contributed by atoms with Gasteiger partial charge in [0.05, 0.1) is 25.2 Å². The zero-order valence-corrected chi connectivity index (χ0v) is 11.4. The van der Waals surface area contributed by atoms with Gasteiger partial charge in [-0.3, -0.25) is 4.79 Å². The summed E-state index contributed by atoms with van der Waals surface area (Å²) in [5.41, 5.74) is 0.186. The van der Waals surface area contributed by atoms with Crippen LogP contribution in [0.25, 0.3) is 0 Å². The number of nitrogens with zero attached hydrogens (tertiary/aromatic N) is 2. The Kier molecular flexibility index (Phi) is 5.19. The molecule has 0 radical (unpaired) electrons. The highest BCUT2D eigenvalue weighted by Gasteiger charge is 2.22. The van der Waals surface area contributed by atoms with E-state index < -0.39 is 0 Å². The molecule has 0 fully saturated rings. The van der Waals surface area contributed by atoms with E-state index in [4.69, 9.17) is 10.00 Å². The molecule has 1 amide bonds. The van der Waals surface area contributed by atoms with Crippen LogP contribution in [0.5, 0.6) is 11.5 Å². The molecule has 5 nitrogen and oxygen atoms in total. The Hall–Kier alpha value is -2.22. The average molecular weight is 262 g/mol. The second-order valence-electron chi connectivity index (χ2n) is 4.36. The van der Waals surface area contributed by atoms with E-state index in [0.29, 0.717) is 6.54 Å². The predicted octanol–water partition coefficient (Wildman–Crippen LogP) is 2.17. The van der Waals surface area contributed by atoms with Crippen LogP contribution < -0.4 is 4.74 Å². The molecule has 0 aliphatic carbocycles. The van der Waals surface area contributed by atoms with Crippen LogP contribution in [0.3, 0.4) is 0 Å². The molecule has 1 aromatic carbocycles. The van der Waals surface area contributed by atoms with E-state index >= 15 is 0 Å². The minimum Gasteiger partial charge on any atom is -0.504 e. The number of carbonyl (C=O) groups excluding carboxylic acids is 1. The van der Waals surface area contributed by atoms with Crippen LogP contribution in [-0.2, 0) is 0 Å². The molecule has 1 rings (SSSR count). The monoisotopic (exact) mass is 262 g/mol. The second kappa shape index (κ2) is 6.64. The number of hydrogen-bond acceptors (Lipinski definition) is 4. The molecule has 0 heterocycles. The molecular formula is C14H18N2O3. The third-order valence-corrected chi connectivity index (χ3v) is 2.80. The lowest BCUT2D eigenvalue weighted by Crippen LogP contribution is -2.37. The van der Waals surface area contributed by atoms with Gasteiger partial charge in [-0.15, -0.1) is 0 Å². The maximum atomic E-state index is 12.4. The SMILES string of the molecule is COc1cccc(C(=O)N(CCC#N)C(C)C)c1O. The Morgan fingerprint density at radius 3 is 2.74 bits per heavy atom. The first-order valence-corrected chi connectivity index (χ1v) is 6.06. The minimum atomic E-state index is -0.304. The van der Waals surface area contributed by atoms with Crippen LogP contribution in [0.1, 0.15) is 30.6 Å². The fourth-order valence-electron chi connectivity index (χ4n) is 1.78. The molecule has 0 spiro atoms. The number of carbonyl (C=O) groups is 1. The summed E-state index contributed by atoms with van der Waals surface area (Å²) in [5.74, 6) is -0.214. The van der Waals surface area contributed by atoms with Gasteiger partial charge >= 0.3 is 0 Å². The maximum Gasteiger partial charge on any atom is 0.258 e.